The van der Waals surface area contributed by atoms with E-state index in [1.807, 2.05) is 0 Å². The number of aromatic hydroxyl groups is 1. The number of ketones is 1. The average molecular weight is 266 g/mol. The molecule has 0 unspecified atom stereocenters. The van der Waals surface area contributed by atoms with Gasteiger partial charge in [-0.1, -0.05) is 0 Å². The monoisotopic (exact) mass is 266 g/mol. The summed E-state index contributed by atoms with van der Waals surface area (Å²) in [6.07, 6.45) is 0.620. The lowest BCUT2D eigenvalue weighted by atomic mass is 10.1. The van der Waals surface area contributed by atoms with Gasteiger partial charge in [-0.15, -0.1) is 0 Å². The Kier molecular flexibility index (Phi) is 4.47. The van der Waals surface area contributed by atoms with Gasteiger partial charge in [0, 0.05) is 0 Å². The lowest BCUT2D eigenvalue weighted by molar-refractivity contribution is 0.0523. The first-order chi connectivity index (χ1) is 8.69. The van der Waals surface area contributed by atoms with E-state index in [4.69, 9.17) is 4.74 Å². The summed E-state index contributed by atoms with van der Waals surface area (Å²) in [7, 11) is 0. The van der Waals surface area contributed by atoms with Gasteiger partial charge in [0.15, 0.2) is 5.78 Å². The summed E-state index contributed by atoms with van der Waals surface area (Å²) in [5.41, 5.74) is 0.0710. The molecule has 1 aromatic heterocycles. The Labute approximate surface area is 111 Å². The second-order valence-electron chi connectivity index (χ2n) is 5.10. The molecule has 0 aliphatic carbocycles. The molecule has 6 nitrogen and oxygen atoms in total. The quantitative estimate of drug-likeness (QED) is 0.817. The van der Waals surface area contributed by atoms with Gasteiger partial charge < -0.3 is 15.2 Å². The van der Waals surface area contributed by atoms with E-state index in [9.17, 15) is 14.7 Å². The van der Waals surface area contributed by atoms with Crippen molar-refractivity contribution in [3.8, 4) is 5.75 Å². The van der Waals surface area contributed by atoms with E-state index >= 15 is 0 Å². The SMILES string of the molecule is CC(=O)c1cc(CNC(=O)OC(C)(C)C)ncc1O. The first kappa shape index (κ1) is 14.9. The molecule has 2 N–H and O–H groups in total. The summed E-state index contributed by atoms with van der Waals surface area (Å²) in [5, 5.41) is 12.0. The lowest BCUT2D eigenvalue weighted by Crippen LogP contribution is -2.32. The first-order valence-electron chi connectivity index (χ1n) is 5.85. The van der Waals surface area contributed by atoms with Gasteiger partial charge in [-0.3, -0.25) is 9.78 Å². The molecule has 0 saturated carbocycles. The predicted octanol–water partition coefficient (Wildman–Crippen LogP) is 2.01. The van der Waals surface area contributed by atoms with Crippen molar-refractivity contribution in [2.75, 3.05) is 0 Å². The van der Waals surface area contributed by atoms with Crippen LogP contribution in [-0.2, 0) is 11.3 Å². The third-order valence-electron chi connectivity index (χ3n) is 2.13. The average Bonchev–Trinajstić information content (AvgIpc) is 2.25. The fraction of sp³-hybridized carbons (Fsp3) is 0.462. The molecule has 0 atom stereocenters. The number of ether oxygens (including phenoxy) is 1. The van der Waals surface area contributed by atoms with Crippen molar-refractivity contribution in [1.29, 1.82) is 0 Å². The van der Waals surface area contributed by atoms with Crippen molar-refractivity contribution in [2.45, 2.75) is 39.8 Å². The van der Waals surface area contributed by atoms with Crippen LogP contribution in [0.2, 0.25) is 0 Å². The zero-order chi connectivity index (χ0) is 14.6. The van der Waals surface area contributed by atoms with E-state index in [0.29, 0.717) is 5.69 Å². The number of hydrogen-bond donors (Lipinski definition) is 2. The number of rotatable bonds is 3. The zero-order valence-electron chi connectivity index (χ0n) is 11.5. The van der Waals surface area contributed by atoms with Crippen LogP contribution in [0.1, 0.15) is 43.7 Å². The minimum Gasteiger partial charge on any atom is -0.506 e. The highest BCUT2D eigenvalue weighted by atomic mass is 16.6. The molecule has 1 amide bonds. The molecule has 0 radical (unpaired) electrons. The maximum atomic E-state index is 11.4. The van der Waals surface area contributed by atoms with E-state index in [1.54, 1.807) is 20.8 Å². The van der Waals surface area contributed by atoms with Crippen LogP contribution in [-0.4, -0.2) is 27.6 Å². The highest BCUT2D eigenvalue weighted by molar-refractivity contribution is 5.96. The van der Waals surface area contributed by atoms with E-state index in [0.717, 1.165) is 0 Å². The van der Waals surface area contributed by atoms with Crippen molar-refractivity contribution in [3.05, 3.63) is 23.5 Å². The molecular weight excluding hydrogens is 248 g/mol. The lowest BCUT2D eigenvalue weighted by Gasteiger charge is -2.19. The van der Waals surface area contributed by atoms with E-state index in [2.05, 4.69) is 10.3 Å². The summed E-state index contributed by atoms with van der Waals surface area (Å²) >= 11 is 0. The summed E-state index contributed by atoms with van der Waals surface area (Å²) in [4.78, 5) is 26.6. The van der Waals surface area contributed by atoms with Crippen molar-refractivity contribution in [3.63, 3.8) is 0 Å². The van der Waals surface area contributed by atoms with Gasteiger partial charge >= 0.3 is 6.09 Å². The molecule has 0 saturated heterocycles. The van der Waals surface area contributed by atoms with Crippen LogP contribution in [0.15, 0.2) is 12.3 Å². The first-order valence-corrected chi connectivity index (χ1v) is 5.85. The molecule has 104 valence electrons. The zero-order valence-corrected chi connectivity index (χ0v) is 11.5. The smallest absolute Gasteiger partial charge is 0.407 e. The maximum absolute atomic E-state index is 11.4. The predicted molar refractivity (Wildman–Crippen MR) is 69.0 cm³/mol. The number of alkyl carbamates (subject to hydrolysis) is 1. The third kappa shape index (κ3) is 4.95. The number of nitrogens with zero attached hydrogens (tertiary/aromatic N) is 1. The van der Waals surface area contributed by atoms with Crippen LogP contribution in [0, 0.1) is 0 Å². The molecule has 0 bridgehead atoms. The molecule has 1 aromatic rings. The van der Waals surface area contributed by atoms with Crippen LogP contribution >= 0.6 is 0 Å². The highest BCUT2D eigenvalue weighted by Gasteiger charge is 2.16. The minimum absolute atomic E-state index is 0.121. The van der Waals surface area contributed by atoms with Crippen molar-refractivity contribution in [2.24, 2.45) is 0 Å². The van der Waals surface area contributed by atoms with Gasteiger partial charge in [0.1, 0.15) is 11.4 Å². The molecule has 0 fully saturated rings. The normalized spacial score (nSPS) is 10.9. The van der Waals surface area contributed by atoms with Gasteiger partial charge in [-0.2, -0.15) is 0 Å². The fourth-order valence-corrected chi connectivity index (χ4v) is 1.35. The summed E-state index contributed by atoms with van der Waals surface area (Å²) < 4.78 is 5.07. The van der Waals surface area contributed by atoms with Crippen LogP contribution < -0.4 is 5.32 Å². The Bertz CT molecular complexity index is 492. The molecule has 1 rings (SSSR count). The number of carbonyl (C=O) groups is 2. The molecule has 1 heterocycles. The second kappa shape index (κ2) is 5.69. The number of amides is 1. The molecule has 19 heavy (non-hydrogen) atoms. The van der Waals surface area contributed by atoms with Crippen molar-refractivity contribution >= 4 is 11.9 Å². The third-order valence-corrected chi connectivity index (χ3v) is 2.13. The molecule has 0 aliphatic heterocycles. The molecule has 0 aromatic carbocycles. The van der Waals surface area contributed by atoms with Crippen LogP contribution in [0.5, 0.6) is 5.75 Å². The topological polar surface area (TPSA) is 88.5 Å². The van der Waals surface area contributed by atoms with Crippen LogP contribution in [0.4, 0.5) is 4.79 Å². The summed E-state index contributed by atoms with van der Waals surface area (Å²) in [6, 6.07) is 1.44. The minimum atomic E-state index is -0.572. The maximum Gasteiger partial charge on any atom is 0.407 e. The number of aromatic nitrogens is 1. The van der Waals surface area contributed by atoms with Gasteiger partial charge in [0.25, 0.3) is 0 Å². The number of nitrogens with one attached hydrogen (secondary N) is 1. The Morgan fingerprint density at radius 1 is 1.42 bits per heavy atom. The Balaban J connectivity index is 2.66. The van der Waals surface area contributed by atoms with Gasteiger partial charge in [-0.05, 0) is 33.8 Å². The number of Topliss-reactive ketones (excluding diaryl/α,β-unsaturated/α-hetero) is 1. The van der Waals surface area contributed by atoms with E-state index in [1.165, 1.54) is 19.2 Å². The van der Waals surface area contributed by atoms with Crippen molar-refractivity contribution in [1.82, 2.24) is 10.3 Å². The Hall–Kier alpha value is -2.11. The number of hydrogen-bond acceptors (Lipinski definition) is 5. The van der Waals surface area contributed by atoms with Gasteiger partial charge in [-0.25, -0.2) is 4.79 Å². The van der Waals surface area contributed by atoms with Crippen LogP contribution in [0.25, 0.3) is 0 Å². The molecular formula is C13H18N2O4. The van der Waals surface area contributed by atoms with Gasteiger partial charge in [0.2, 0.25) is 0 Å². The number of pyridine rings is 1. The largest absolute Gasteiger partial charge is 0.506 e. The van der Waals surface area contributed by atoms with E-state index in [-0.39, 0.29) is 23.6 Å². The molecule has 0 aliphatic rings. The highest BCUT2D eigenvalue weighted by Crippen LogP contribution is 2.16. The molecule has 6 heteroatoms. The van der Waals surface area contributed by atoms with Gasteiger partial charge in [0.05, 0.1) is 24.0 Å². The van der Waals surface area contributed by atoms with Crippen molar-refractivity contribution < 1.29 is 19.4 Å². The Morgan fingerprint density at radius 2 is 2.05 bits per heavy atom. The fourth-order valence-electron chi connectivity index (χ4n) is 1.35. The Morgan fingerprint density at radius 3 is 2.58 bits per heavy atom. The summed E-state index contributed by atoms with van der Waals surface area (Å²) in [6.45, 7) is 6.76. The second-order valence-corrected chi connectivity index (χ2v) is 5.10. The standard InChI is InChI=1S/C13H18N2O4/c1-8(16)10-5-9(14-7-11(10)17)6-15-12(18)19-13(2,3)4/h5,7,17H,6H2,1-4H3,(H,15,18). The summed E-state index contributed by atoms with van der Waals surface area (Å²) in [5.74, 6) is -0.438. The number of carbonyl (C=O) groups excluding carboxylic acids is 2. The van der Waals surface area contributed by atoms with E-state index < -0.39 is 11.7 Å². The van der Waals surface area contributed by atoms with Crippen LogP contribution in [0.3, 0.4) is 0 Å². The molecule has 0 spiro atoms.